The minimum Gasteiger partial charge on any atom is -0.467 e. The van der Waals surface area contributed by atoms with Crippen LogP contribution >= 0.6 is 0 Å². The lowest BCUT2D eigenvalue weighted by Crippen LogP contribution is -1.98. The zero-order valence-electron chi connectivity index (χ0n) is 9.10. The number of anilines is 1. The van der Waals surface area contributed by atoms with Gasteiger partial charge in [-0.2, -0.15) is 9.97 Å². The summed E-state index contributed by atoms with van der Waals surface area (Å²) in [5.41, 5.74) is 8.05. The van der Waals surface area contributed by atoms with E-state index in [0.29, 0.717) is 17.7 Å². The van der Waals surface area contributed by atoms with Gasteiger partial charge < -0.3 is 10.5 Å². The summed E-state index contributed by atoms with van der Waals surface area (Å²) >= 11 is 0. The van der Waals surface area contributed by atoms with E-state index in [1.807, 2.05) is 6.07 Å². The number of hydrogen-bond donors (Lipinski definition) is 1. The lowest BCUT2D eigenvalue weighted by Gasteiger charge is -2.05. The number of hydrogen-bond acceptors (Lipinski definition) is 4. The normalized spacial score (nSPS) is 15.3. The molecule has 0 amide bonds. The van der Waals surface area contributed by atoms with Gasteiger partial charge in [-0.1, -0.05) is 6.07 Å². The molecule has 1 fully saturated rings. The van der Waals surface area contributed by atoms with Crippen LogP contribution in [0, 0.1) is 0 Å². The Morgan fingerprint density at radius 2 is 2.12 bits per heavy atom. The predicted molar refractivity (Wildman–Crippen MR) is 62.5 cm³/mol. The molecule has 3 rings (SSSR count). The molecule has 2 N–H and O–H groups in total. The number of ether oxygens (including phenoxy) is 1. The molecule has 0 saturated heterocycles. The molecule has 0 radical (unpaired) electrons. The van der Waals surface area contributed by atoms with Crippen LogP contribution < -0.4 is 10.5 Å². The topological polar surface area (TPSA) is 61.0 Å². The lowest BCUT2D eigenvalue weighted by molar-refractivity contribution is 0.382. The summed E-state index contributed by atoms with van der Waals surface area (Å²) in [5.74, 6) is 1.19. The van der Waals surface area contributed by atoms with Crippen molar-refractivity contribution in [1.82, 2.24) is 9.97 Å². The Hall–Kier alpha value is -1.84. The molecule has 4 nitrogen and oxygen atoms in total. The van der Waals surface area contributed by atoms with Crippen LogP contribution in [0.25, 0.3) is 10.9 Å². The highest BCUT2D eigenvalue weighted by atomic mass is 16.5. The second kappa shape index (κ2) is 3.33. The van der Waals surface area contributed by atoms with Gasteiger partial charge in [0.2, 0.25) is 0 Å². The first-order valence-electron chi connectivity index (χ1n) is 5.39. The molecule has 1 heterocycles. The molecule has 1 aliphatic carbocycles. The largest absolute Gasteiger partial charge is 0.467 e. The fourth-order valence-electron chi connectivity index (χ4n) is 1.91. The average Bonchev–Trinajstić information content (AvgIpc) is 3.12. The van der Waals surface area contributed by atoms with Gasteiger partial charge in [0, 0.05) is 5.39 Å². The molecule has 16 heavy (non-hydrogen) atoms. The summed E-state index contributed by atoms with van der Waals surface area (Å²) < 4.78 is 5.02. The molecule has 82 valence electrons. The number of fused-ring (bicyclic) bond motifs is 1. The molecular weight excluding hydrogens is 202 g/mol. The van der Waals surface area contributed by atoms with E-state index in [1.54, 1.807) is 7.11 Å². The van der Waals surface area contributed by atoms with Gasteiger partial charge in [-0.3, -0.25) is 0 Å². The van der Waals surface area contributed by atoms with E-state index in [0.717, 1.165) is 10.9 Å². The molecule has 0 unspecified atom stereocenters. The third kappa shape index (κ3) is 1.46. The van der Waals surface area contributed by atoms with Crippen LogP contribution in [0.5, 0.6) is 6.01 Å². The summed E-state index contributed by atoms with van der Waals surface area (Å²) in [6, 6.07) is 6.54. The van der Waals surface area contributed by atoms with Gasteiger partial charge in [0.1, 0.15) is 5.82 Å². The monoisotopic (exact) mass is 215 g/mol. The van der Waals surface area contributed by atoms with Crippen molar-refractivity contribution in [2.24, 2.45) is 0 Å². The summed E-state index contributed by atoms with van der Waals surface area (Å²) in [4.78, 5) is 8.37. The van der Waals surface area contributed by atoms with Crippen LogP contribution in [-0.2, 0) is 0 Å². The van der Waals surface area contributed by atoms with Gasteiger partial charge in [0.25, 0.3) is 0 Å². The Morgan fingerprint density at radius 1 is 1.31 bits per heavy atom. The molecule has 0 bridgehead atoms. The number of nitrogens with zero attached hydrogens (tertiary/aromatic N) is 2. The maximum absolute atomic E-state index is 5.84. The van der Waals surface area contributed by atoms with E-state index >= 15 is 0 Å². The van der Waals surface area contributed by atoms with E-state index in [4.69, 9.17) is 10.5 Å². The van der Waals surface area contributed by atoms with Crippen molar-refractivity contribution in [1.29, 1.82) is 0 Å². The fourth-order valence-corrected chi connectivity index (χ4v) is 1.91. The van der Waals surface area contributed by atoms with Crippen LogP contribution in [0.2, 0.25) is 0 Å². The van der Waals surface area contributed by atoms with Crippen LogP contribution in [0.1, 0.15) is 24.3 Å². The Balaban J connectivity index is 2.20. The summed E-state index contributed by atoms with van der Waals surface area (Å²) in [6.07, 6.45) is 2.56. The first kappa shape index (κ1) is 9.39. The van der Waals surface area contributed by atoms with Gasteiger partial charge in [-0.05, 0) is 36.5 Å². The highest BCUT2D eigenvalue weighted by molar-refractivity contribution is 5.88. The van der Waals surface area contributed by atoms with Gasteiger partial charge >= 0.3 is 6.01 Å². The zero-order valence-corrected chi connectivity index (χ0v) is 9.10. The Bertz CT molecular complexity index is 549. The van der Waals surface area contributed by atoms with E-state index in [9.17, 15) is 0 Å². The van der Waals surface area contributed by atoms with E-state index in [1.165, 1.54) is 18.4 Å². The number of nitrogens with two attached hydrogens (primary N) is 1. The average molecular weight is 215 g/mol. The van der Waals surface area contributed by atoms with Gasteiger partial charge in [-0.25, -0.2) is 0 Å². The lowest BCUT2D eigenvalue weighted by atomic mass is 10.1. The molecule has 0 aliphatic heterocycles. The van der Waals surface area contributed by atoms with Crippen LogP contribution in [0.4, 0.5) is 5.82 Å². The van der Waals surface area contributed by atoms with Crippen molar-refractivity contribution in [2.45, 2.75) is 18.8 Å². The number of nitrogen functional groups attached to an aromatic ring is 1. The molecule has 1 aromatic heterocycles. The molecular formula is C12H13N3O. The zero-order chi connectivity index (χ0) is 11.1. The highest BCUT2D eigenvalue weighted by Crippen LogP contribution is 2.41. The Kier molecular flexibility index (Phi) is 1.96. The number of aromatic nitrogens is 2. The number of methoxy groups -OCH3 is 1. The number of benzene rings is 1. The highest BCUT2D eigenvalue weighted by Gasteiger charge is 2.23. The summed E-state index contributed by atoms with van der Waals surface area (Å²) in [7, 11) is 1.55. The van der Waals surface area contributed by atoms with Gasteiger partial charge in [0.05, 0.1) is 12.6 Å². The van der Waals surface area contributed by atoms with Crippen molar-refractivity contribution in [3.8, 4) is 6.01 Å². The van der Waals surface area contributed by atoms with Crippen LogP contribution in [0.3, 0.4) is 0 Å². The second-order valence-corrected chi connectivity index (χ2v) is 4.15. The van der Waals surface area contributed by atoms with E-state index in [2.05, 4.69) is 22.1 Å². The molecule has 1 aliphatic rings. The minimum absolute atomic E-state index is 0.331. The van der Waals surface area contributed by atoms with Crippen molar-refractivity contribution < 1.29 is 4.74 Å². The fraction of sp³-hybridized carbons (Fsp3) is 0.333. The molecule has 4 heteroatoms. The van der Waals surface area contributed by atoms with Crippen molar-refractivity contribution >= 4 is 16.7 Å². The first-order chi connectivity index (χ1) is 7.78. The molecule has 0 spiro atoms. The smallest absolute Gasteiger partial charge is 0.318 e. The molecule has 0 atom stereocenters. The third-order valence-electron chi connectivity index (χ3n) is 2.96. The molecule has 2 aromatic rings. The van der Waals surface area contributed by atoms with Crippen molar-refractivity contribution in [3.63, 3.8) is 0 Å². The van der Waals surface area contributed by atoms with E-state index < -0.39 is 0 Å². The van der Waals surface area contributed by atoms with Gasteiger partial charge in [0.15, 0.2) is 0 Å². The summed E-state index contributed by atoms with van der Waals surface area (Å²) in [6.45, 7) is 0. The second-order valence-electron chi connectivity index (χ2n) is 4.15. The maximum Gasteiger partial charge on any atom is 0.318 e. The molecule has 1 saturated carbocycles. The minimum atomic E-state index is 0.331. The standard InChI is InChI=1S/C12H13N3O/c1-16-12-14-10-6-8(7-2-3-7)4-5-9(10)11(13)15-12/h4-7H,2-3H2,1H3,(H2,13,14,15). The molecule has 1 aromatic carbocycles. The van der Waals surface area contributed by atoms with Crippen molar-refractivity contribution in [2.75, 3.05) is 12.8 Å². The quantitative estimate of drug-likeness (QED) is 0.833. The Morgan fingerprint density at radius 3 is 2.81 bits per heavy atom. The van der Waals surface area contributed by atoms with Crippen molar-refractivity contribution in [3.05, 3.63) is 23.8 Å². The summed E-state index contributed by atoms with van der Waals surface area (Å²) in [5, 5.41) is 0.894. The van der Waals surface area contributed by atoms with Gasteiger partial charge in [-0.15, -0.1) is 0 Å². The third-order valence-corrected chi connectivity index (χ3v) is 2.96. The maximum atomic E-state index is 5.84. The van der Waals surface area contributed by atoms with Crippen LogP contribution in [0.15, 0.2) is 18.2 Å². The van der Waals surface area contributed by atoms with E-state index in [-0.39, 0.29) is 0 Å². The van der Waals surface area contributed by atoms with Crippen LogP contribution in [-0.4, -0.2) is 17.1 Å². The predicted octanol–water partition coefficient (Wildman–Crippen LogP) is 2.10. The SMILES string of the molecule is COc1nc(N)c2ccc(C3CC3)cc2n1. The number of rotatable bonds is 2. The first-order valence-corrected chi connectivity index (χ1v) is 5.39. The Labute approximate surface area is 93.5 Å².